The van der Waals surface area contributed by atoms with Crippen molar-refractivity contribution in [2.45, 2.75) is 38.5 Å². The Hall–Kier alpha value is -1.24. The largest absolute Gasteiger partial charge is 0.481 e. The standard InChI is InChI=1S/C11H19NO5S/c13-9(14)5-1-3-7-12(11(17)18)8-4-2-6-10(15)16/h1-8H2,(H,13,14)(H,15,16)(H,17,18). The Kier molecular flexibility index (Phi) is 9.08. The van der Waals surface area contributed by atoms with E-state index in [2.05, 4.69) is 12.6 Å². The fourth-order valence-corrected chi connectivity index (χ4v) is 1.66. The lowest BCUT2D eigenvalue weighted by molar-refractivity contribution is -0.138. The predicted molar refractivity (Wildman–Crippen MR) is 68.9 cm³/mol. The molecule has 0 spiro atoms. The molecule has 0 aliphatic carbocycles. The first-order chi connectivity index (χ1) is 8.43. The first-order valence-electron chi connectivity index (χ1n) is 5.85. The lowest BCUT2D eigenvalue weighted by atomic mass is 10.2. The number of amides is 1. The van der Waals surface area contributed by atoms with Gasteiger partial charge in [0.15, 0.2) is 0 Å². The lowest BCUT2D eigenvalue weighted by Gasteiger charge is -2.19. The minimum absolute atomic E-state index is 0.0909. The summed E-state index contributed by atoms with van der Waals surface area (Å²) in [6.45, 7) is 0.922. The molecule has 7 heteroatoms. The average molecular weight is 277 g/mol. The molecule has 0 aromatic rings. The van der Waals surface area contributed by atoms with Gasteiger partial charge in [-0.2, -0.15) is 0 Å². The smallest absolute Gasteiger partial charge is 0.303 e. The van der Waals surface area contributed by atoms with Gasteiger partial charge in [-0.15, -0.1) is 0 Å². The number of hydrogen-bond donors (Lipinski definition) is 3. The van der Waals surface area contributed by atoms with Crippen LogP contribution in [0.2, 0.25) is 0 Å². The Balaban J connectivity index is 3.75. The van der Waals surface area contributed by atoms with Gasteiger partial charge in [0, 0.05) is 25.9 Å². The average Bonchev–Trinajstić information content (AvgIpc) is 2.25. The van der Waals surface area contributed by atoms with E-state index in [0.29, 0.717) is 38.8 Å². The van der Waals surface area contributed by atoms with Crippen molar-refractivity contribution in [1.82, 2.24) is 4.90 Å². The van der Waals surface area contributed by atoms with Crippen molar-refractivity contribution in [3.05, 3.63) is 0 Å². The number of unbranched alkanes of at least 4 members (excludes halogenated alkanes) is 2. The van der Waals surface area contributed by atoms with E-state index >= 15 is 0 Å². The zero-order valence-electron chi connectivity index (χ0n) is 10.2. The second kappa shape index (κ2) is 9.76. The van der Waals surface area contributed by atoms with Crippen LogP contribution in [-0.4, -0.2) is 45.4 Å². The van der Waals surface area contributed by atoms with Gasteiger partial charge in [-0.1, -0.05) is 12.6 Å². The van der Waals surface area contributed by atoms with Gasteiger partial charge in [-0.05, 0) is 25.7 Å². The zero-order chi connectivity index (χ0) is 14.0. The summed E-state index contributed by atoms with van der Waals surface area (Å²) in [6, 6.07) is 0. The van der Waals surface area contributed by atoms with Crippen LogP contribution < -0.4 is 0 Å². The topological polar surface area (TPSA) is 94.9 Å². The van der Waals surface area contributed by atoms with Crippen molar-refractivity contribution < 1.29 is 24.6 Å². The fraction of sp³-hybridized carbons (Fsp3) is 0.727. The maximum Gasteiger partial charge on any atom is 0.303 e. The molecule has 0 rings (SSSR count). The number of carbonyl (C=O) groups excluding carboxylic acids is 1. The van der Waals surface area contributed by atoms with Crippen molar-refractivity contribution in [3.63, 3.8) is 0 Å². The summed E-state index contributed by atoms with van der Waals surface area (Å²) in [4.78, 5) is 33.3. The summed E-state index contributed by atoms with van der Waals surface area (Å²) in [5.74, 6) is -1.69. The molecule has 0 aromatic heterocycles. The third kappa shape index (κ3) is 9.95. The highest BCUT2D eigenvalue weighted by Gasteiger charge is 2.09. The molecule has 0 saturated carbocycles. The molecule has 6 nitrogen and oxygen atoms in total. The Morgan fingerprint density at radius 3 is 1.50 bits per heavy atom. The summed E-state index contributed by atoms with van der Waals surface area (Å²) in [5.41, 5.74) is 0. The Labute approximate surface area is 111 Å². The van der Waals surface area contributed by atoms with E-state index < -0.39 is 11.9 Å². The molecule has 2 N–H and O–H groups in total. The highest BCUT2D eigenvalue weighted by atomic mass is 32.1. The number of aliphatic carboxylic acids is 2. The van der Waals surface area contributed by atoms with Crippen LogP contribution in [0.5, 0.6) is 0 Å². The summed E-state index contributed by atoms with van der Waals surface area (Å²) in [6.07, 6.45) is 2.43. The number of carbonyl (C=O) groups is 3. The van der Waals surface area contributed by atoms with E-state index in [0.717, 1.165) is 0 Å². The highest BCUT2D eigenvalue weighted by molar-refractivity contribution is 7.96. The Bertz CT molecular complexity index is 273. The van der Waals surface area contributed by atoms with Crippen LogP contribution in [0.15, 0.2) is 0 Å². The molecule has 18 heavy (non-hydrogen) atoms. The summed E-state index contributed by atoms with van der Waals surface area (Å²) >= 11 is 3.73. The fourth-order valence-electron chi connectivity index (χ4n) is 1.46. The van der Waals surface area contributed by atoms with Crippen molar-refractivity contribution in [2.24, 2.45) is 0 Å². The van der Waals surface area contributed by atoms with E-state index in [1.807, 2.05) is 0 Å². The second-order valence-electron chi connectivity index (χ2n) is 3.97. The molecule has 0 aliphatic rings. The second-order valence-corrected chi connectivity index (χ2v) is 4.35. The van der Waals surface area contributed by atoms with Gasteiger partial charge in [0.25, 0.3) is 5.24 Å². The van der Waals surface area contributed by atoms with Gasteiger partial charge in [0.1, 0.15) is 0 Å². The van der Waals surface area contributed by atoms with Crippen molar-refractivity contribution in [1.29, 1.82) is 0 Å². The summed E-state index contributed by atoms with van der Waals surface area (Å²) in [7, 11) is 0. The van der Waals surface area contributed by atoms with E-state index in [1.165, 1.54) is 4.90 Å². The maximum absolute atomic E-state index is 11.2. The van der Waals surface area contributed by atoms with Gasteiger partial charge in [0.05, 0.1) is 0 Å². The van der Waals surface area contributed by atoms with E-state index in [9.17, 15) is 14.4 Å². The van der Waals surface area contributed by atoms with Crippen molar-refractivity contribution in [2.75, 3.05) is 13.1 Å². The minimum Gasteiger partial charge on any atom is -0.481 e. The molecule has 1 amide bonds. The first kappa shape index (κ1) is 16.8. The molecule has 0 bridgehead atoms. The number of hydrogen-bond acceptors (Lipinski definition) is 3. The molecule has 0 fully saturated rings. The zero-order valence-corrected chi connectivity index (χ0v) is 11.1. The molecular formula is C11H19NO5S. The molecule has 0 unspecified atom stereocenters. The van der Waals surface area contributed by atoms with Crippen molar-refractivity contribution >= 4 is 29.8 Å². The number of carboxylic acid groups (broad SMARTS) is 2. The molecule has 104 valence electrons. The van der Waals surface area contributed by atoms with E-state index in [1.54, 1.807) is 0 Å². The molecule has 0 heterocycles. The predicted octanol–water partition coefficient (Wildman–Crippen LogP) is 1.85. The van der Waals surface area contributed by atoms with Crippen LogP contribution >= 0.6 is 12.6 Å². The molecular weight excluding hydrogens is 258 g/mol. The molecule has 0 saturated heterocycles. The number of rotatable bonds is 10. The van der Waals surface area contributed by atoms with Crippen LogP contribution in [-0.2, 0) is 9.59 Å². The van der Waals surface area contributed by atoms with Gasteiger partial charge in [-0.3, -0.25) is 14.4 Å². The Morgan fingerprint density at radius 2 is 1.22 bits per heavy atom. The van der Waals surface area contributed by atoms with Gasteiger partial charge < -0.3 is 15.1 Å². The molecule has 0 atom stereocenters. The number of thiol groups is 1. The quantitative estimate of drug-likeness (QED) is 0.418. The van der Waals surface area contributed by atoms with E-state index in [-0.39, 0.29) is 18.1 Å². The number of carboxylic acids is 2. The van der Waals surface area contributed by atoms with Crippen LogP contribution in [0, 0.1) is 0 Å². The van der Waals surface area contributed by atoms with Gasteiger partial charge in [0.2, 0.25) is 0 Å². The molecule has 0 aromatic carbocycles. The van der Waals surface area contributed by atoms with Crippen LogP contribution in [0.3, 0.4) is 0 Å². The van der Waals surface area contributed by atoms with Crippen molar-refractivity contribution in [3.8, 4) is 0 Å². The lowest BCUT2D eigenvalue weighted by Crippen LogP contribution is -2.28. The number of nitrogens with zero attached hydrogens (tertiary/aromatic N) is 1. The minimum atomic E-state index is -0.847. The molecule has 0 aliphatic heterocycles. The first-order valence-corrected chi connectivity index (χ1v) is 6.29. The maximum atomic E-state index is 11.2. The highest BCUT2D eigenvalue weighted by Crippen LogP contribution is 2.05. The van der Waals surface area contributed by atoms with Gasteiger partial charge >= 0.3 is 11.9 Å². The molecule has 0 radical (unpaired) electrons. The summed E-state index contributed by atoms with van der Waals surface area (Å²) in [5, 5.41) is 16.6. The van der Waals surface area contributed by atoms with Crippen LogP contribution in [0.4, 0.5) is 4.79 Å². The normalized spacial score (nSPS) is 10.1. The monoisotopic (exact) mass is 277 g/mol. The SMILES string of the molecule is O=C(O)CCCCN(CCCCC(=O)O)C(=O)S. The third-order valence-electron chi connectivity index (χ3n) is 2.41. The van der Waals surface area contributed by atoms with Gasteiger partial charge in [-0.25, -0.2) is 0 Å². The summed E-state index contributed by atoms with van der Waals surface area (Å²) < 4.78 is 0. The van der Waals surface area contributed by atoms with Crippen LogP contribution in [0.1, 0.15) is 38.5 Å². The Morgan fingerprint density at radius 1 is 0.833 bits per heavy atom. The van der Waals surface area contributed by atoms with E-state index in [4.69, 9.17) is 10.2 Å². The third-order valence-corrected chi connectivity index (χ3v) is 2.69. The van der Waals surface area contributed by atoms with Crippen LogP contribution in [0.25, 0.3) is 0 Å².